The zero-order valence-corrected chi connectivity index (χ0v) is 24.3. The maximum atomic E-state index is 13.3. The van der Waals surface area contributed by atoms with Crippen LogP contribution in [0.2, 0.25) is 15.2 Å². The molecule has 0 radical (unpaired) electrons. The zero-order chi connectivity index (χ0) is 28.0. The molecular formula is C30H32Cl3FN4O. The van der Waals surface area contributed by atoms with Gasteiger partial charge in [0.05, 0.1) is 5.69 Å². The van der Waals surface area contributed by atoms with Gasteiger partial charge in [0.15, 0.2) is 0 Å². The number of rotatable bonds is 5. The second-order valence-corrected chi connectivity index (χ2v) is 10.8. The molecular weight excluding hydrogens is 558 g/mol. The predicted molar refractivity (Wildman–Crippen MR) is 159 cm³/mol. The Bertz CT molecular complexity index is 1320. The van der Waals surface area contributed by atoms with Gasteiger partial charge in [0.2, 0.25) is 0 Å². The van der Waals surface area contributed by atoms with Crippen molar-refractivity contribution in [3.8, 4) is 0 Å². The topological polar surface area (TPSA) is 48.5 Å². The average Bonchev–Trinajstić information content (AvgIpc) is 3.24. The molecule has 5 rings (SSSR count). The number of nitrogens with one attached hydrogen (secondary N) is 1. The molecule has 0 aliphatic carbocycles. The molecule has 1 saturated heterocycles. The minimum Gasteiger partial charge on any atom is -0.334 e. The first-order valence-corrected chi connectivity index (χ1v) is 14.3. The Balaban J connectivity index is 0.00000172. The molecule has 206 valence electrons. The lowest BCUT2D eigenvalue weighted by atomic mass is 9.74. The number of hydrogen-bond donors (Lipinski definition) is 1. The van der Waals surface area contributed by atoms with Crippen LogP contribution in [-0.2, 0) is 12.0 Å². The molecule has 1 spiro atoms. The summed E-state index contributed by atoms with van der Waals surface area (Å²) in [5.74, 6) is -0.236. The van der Waals surface area contributed by atoms with Gasteiger partial charge in [-0.25, -0.2) is 14.2 Å². The van der Waals surface area contributed by atoms with E-state index in [1.807, 2.05) is 32.1 Å². The van der Waals surface area contributed by atoms with Gasteiger partial charge in [-0.3, -0.25) is 9.80 Å². The number of anilines is 1. The highest BCUT2D eigenvalue weighted by Gasteiger charge is 2.47. The van der Waals surface area contributed by atoms with Crippen LogP contribution in [0.1, 0.15) is 43.4 Å². The molecule has 2 aromatic carbocycles. The van der Waals surface area contributed by atoms with Crippen LogP contribution >= 0.6 is 34.8 Å². The summed E-state index contributed by atoms with van der Waals surface area (Å²) in [4.78, 5) is 21.4. The van der Waals surface area contributed by atoms with E-state index < -0.39 is 0 Å². The van der Waals surface area contributed by atoms with Crippen LogP contribution in [0.25, 0.3) is 6.08 Å². The molecule has 2 aliphatic heterocycles. The summed E-state index contributed by atoms with van der Waals surface area (Å²) in [6, 6.07) is 13.4. The van der Waals surface area contributed by atoms with E-state index in [0.29, 0.717) is 28.3 Å². The molecule has 2 amide bonds. The first-order chi connectivity index (χ1) is 18.8. The van der Waals surface area contributed by atoms with Gasteiger partial charge in [0.25, 0.3) is 0 Å². The number of carbonyl (C=O) groups is 1. The van der Waals surface area contributed by atoms with E-state index in [4.69, 9.17) is 34.8 Å². The summed E-state index contributed by atoms with van der Waals surface area (Å²) in [6.45, 7) is 7.43. The van der Waals surface area contributed by atoms with E-state index in [1.165, 1.54) is 12.1 Å². The number of benzene rings is 2. The third-order valence-electron chi connectivity index (χ3n) is 7.15. The van der Waals surface area contributed by atoms with Gasteiger partial charge in [-0.15, -0.1) is 0 Å². The Labute approximate surface area is 244 Å². The van der Waals surface area contributed by atoms with E-state index >= 15 is 0 Å². The van der Waals surface area contributed by atoms with Crippen molar-refractivity contribution in [3.05, 3.63) is 98.5 Å². The van der Waals surface area contributed by atoms with Gasteiger partial charge >= 0.3 is 6.03 Å². The Morgan fingerprint density at radius 1 is 1.08 bits per heavy atom. The number of hydrogen-bond acceptors (Lipinski definition) is 3. The first-order valence-electron chi connectivity index (χ1n) is 13.1. The fourth-order valence-electron chi connectivity index (χ4n) is 5.26. The molecule has 3 aromatic rings. The maximum Gasteiger partial charge on any atom is 0.322 e. The van der Waals surface area contributed by atoms with E-state index in [2.05, 4.69) is 21.3 Å². The minimum atomic E-state index is -0.236. The van der Waals surface area contributed by atoms with Crippen molar-refractivity contribution in [1.82, 2.24) is 15.2 Å². The molecule has 1 aromatic heterocycles. The van der Waals surface area contributed by atoms with E-state index in [1.54, 1.807) is 35.4 Å². The molecule has 9 heteroatoms. The number of amides is 2. The number of carbonyl (C=O) groups excluding carboxylic acids is 1. The van der Waals surface area contributed by atoms with E-state index in [0.717, 1.165) is 54.9 Å². The van der Waals surface area contributed by atoms with Gasteiger partial charge in [0, 0.05) is 46.9 Å². The smallest absolute Gasteiger partial charge is 0.322 e. The molecule has 39 heavy (non-hydrogen) atoms. The zero-order valence-electron chi connectivity index (χ0n) is 22.1. The molecule has 1 N–H and O–H groups in total. The summed E-state index contributed by atoms with van der Waals surface area (Å²) in [5, 5.41) is 4.48. The number of piperidine rings is 1. The van der Waals surface area contributed by atoms with Crippen LogP contribution in [0, 0.1) is 5.82 Å². The van der Waals surface area contributed by atoms with Crippen molar-refractivity contribution < 1.29 is 9.18 Å². The van der Waals surface area contributed by atoms with Gasteiger partial charge < -0.3 is 5.32 Å². The molecule has 1 fully saturated rings. The molecule has 0 saturated carbocycles. The standard InChI is InChI=1S/C28H26Cl3FN4O.C2H6/c29-21-15-23(30)26-24(16-21)36(27(37)34-17-20-7-10-33-25(31)14-20)18-28(26)8-12-35(13-9-28)11-1-2-19-3-5-22(32)6-4-19;1-2/h1-7,10,14-16H,8-9,11-13,17-18H2,(H,34,37);1-2H3/b2-1+;. The highest BCUT2D eigenvalue weighted by atomic mass is 35.5. The summed E-state index contributed by atoms with van der Waals surface area (Å²) < 4.78 is 13.1. The highest BCUT2D eigenvalue weighted by molar-refractivity contribution is 6.36. The summed E-state index contributed by atoms with van der Waals surface area (Å²) >= 11 is 19.1. The highest BCUT2D eigenvalue weighted by Crippen LogP contribution is 2.51. The second kappa shape index (κ2) is 13.1. The van der Waals surface area contributed by atoms with Crippen molar-refractivity contribution in [2.24, 2.45) is 0 Å². The van der Waals surface area contributed by atoms with Crippen LogP contribution in [0.15, 0.2) is 60.8 Å². The quantitative estimate of drug-likeness (QED) is 0.307. The Morgan fingerprint density at radius 2 is 1.79 bits per heavy atom. The largest absolute Gasteiger partial charge is 0.334 e. The van der Waals surface area contributed by atoms with Crippen LogP contribution in [-0.4, -0.2) is 42.1 Å². The molecule has 0 atom stereocenters. The maximum absolute atomic E-state index is 13.3. The van der Waals surface area contributed by atoms with E-state index in [9.17, 15) is 9.18 Å². The third-order valence-corrected chi connectivity index (χ3v) is 7.88. The van der Waals surface area contributed by atoms with Crippen LogP contribution in [0.4, 0.5) is 14.9 Å². The fourth-order valence-corrected chi connectivity index (χ4v) is 6.13. The number of nitrogens with zero attached hydrogens (tertiary/aromatic N) is 3. The van der Waals surface area contributed by atoms with E-state index in [-0.39, 0.29) is 17.3 Å². The SMILES string of the molecule is CC.O=C(NCc1ccnc(Cl)c1)N1CC2(CCN(C/C=C/c3ccc(F)cc3)CC2)c2c(Cl)cc(Cl)cc21. The van der Waals surface area contributed by atoms with Crippen LogP contribution < -0.4 is 10.2 Å². The predicted octanol–water partition coefficient (Wildman–Crippen LogP) is 7.98. The number of halogens is 4. The van der Waals surface area contributed by atoms with Crippen LogP contribution in [0.3, 0.4) is 0 Å². The van der Waals surface area contributed by atoms with Crippen molar-refractivity contribution in [1.29, 1.82) is 0 Å². The fraction of sp³-hybridized carbons (Fsp3) is 0.333. The summed E-state index contributed by atoms with van der Waals surface area (Å²) in [7, 11) is 0. The molecule has 0 unspecified atom stereocenters. The Kier molecular flexibility index (Phi) is 9.89. The number of urea groups is 1. The van der Waals surface area contributed by atoms with Gasteiger partial charge in [-0.1, -0.05) is 72.9 Å². The van der Waals surface area contributed by atoms with Gasteiger partial charge in [-0.2, -0.15) is 0 Å². The Hall–Kier alpha value is -2.64. The molecule has 5 nitrogen and oxygen atoms in total. The summed E-state index contributed by atoms with van der Waals surface area (Å²) in [5.41, 5.74) is 3.38. The lowest BCUT2D eigenvalue weighted by Gasteiger charge is -2.39. The lowest BCUT2D eigenvalue weighted by molar-refractivity contribution is 0.180. The molecule has 0 bridgehead atoms. The van der Waals surface area contributed by atoms with Crippen molar-refractivity contribution in [2.75, 3.05) is 31.1 Å². The number of aromatic nitrogens is 1. The lowest BCUT2D eigenvalue weighted by Crippen LogP contribution is -2.47. The minimum absolute atomic E-state index is 0.200. The third kappa shape index (κ3) is 6.93. The van der Waals surface area contributed by atoms with Crippen molar-refractivity contribution in [2.45, 2.75) is 38.6 Å². The first kappa shape index (κ1) is 29.3. The normalized spacial score (nSPS) is 16.2. The summed E-state index contributed by atoms with van der Waals surface area (Å²) in [6.07, 6.45) is 7.47. The molecule has 3 heterocycles. The van der Waals surface area contributed by atoms with Crippen molar-refractivity contribution >= 4 is 52.6 Å². The van der Waals surface area contributed by atoms with Gasteiger partial charge in [-0.05, 0) is 73.5 Å². The van der Waals surface area contributed by atoms with Gasteiger partial charge in [0.1, 0.15) is 11.0 Å². The second-order valence-electron chi connectivity index (χ2n) is 9.55. The number of likely N-dealkylation sites (tertiary alicyclic amines) is 1. The average molecular weight is 590 g/mol. The monoisotopic (exact) mass is 588 g/mol. The Morgan fingerprint density at radius 3 is 2.49 bits per heavy atom. The molecule has 2 aliphatic rings. The van der Waals surface area contributed by atoms with Crippen LogP contribution in [0.5, 0.6) is 0 Å². The number of fused-ring (bicyclic) bond motifs is 2. The van der Waals surface area contributed by atoms with Crippen molar-refractivity contribution in [3.63, 3.8) is 0 Å². The number of pyridine rings is 1.